The van der Waals surface area contributed by atoms with Crippen molar-refractivity contribution in [2.24, 2.45) is 0 Å². The summed E-state index contributed by atoms with van der Waals surface area (Å²) in [5.41, 5.74) is 2.77. The molecule has 1 aliphatic heterocycles. The van der Waals surface area contributed by atoms with Gasteiger partial charge in [0, 0.05) is 25.4 Å². The summed E-state index contributed by atoms with van der Waals surface area (Å²) in [6, 6.07) is 2.02. The topological polar surface area (TPSA) is 33.2 Å². The minimum Gasteiger partial charge on any atom is -0.336 e. The molecule has 2 rings (SSSR count). The number of fused-ring (bicyclic) bond motifs is 1. The van der Waals surface area contributed by atoms with E-state index in [2.05, 4.69) is 4.98 Å². The van der Waals surface area contributed by atoms with Crippen LogP contribution in [0.3, 0.4) is 0 Å². The molecule has 1 aromatic rings. The molecule has 3 heteroatoms. The number of carbonyl (C=O) groups is 1. The third-order valence-corrected chi connectivity index (χ3v) is 2.06. The highest BCUT2D eigenvalue weighted by molar-refractivity contribution is 5.96. The number of rotatable bonds is 0. The smallest absolute Gasteiger partial charge is 0.272 e. The summed E-state index contributed by atoms with van der Waals surface area (Å²) in [5.74, 6) is 0.0324. The predicted octanol–water partition coefficient (Wildman–Crippen LogP) is 0.976. The molecule has 1 aliphatic rings. The van der Waals surface area contributed by atoms with E-state index in [1.165, 1.54) is 0 Å². The zero-order valence-electron chi connectivity index (χ0n) is 7.16. The Balaban J connectivity index is 2.54. The van der Waals surface area contributed by atoms with Crippen LogP contribution in [0.2, 0.25) is 0 Å². The summed E-state index contributed by atoms with van der Waals surface area (Å²) in [5, 5.41) is 0. The first-order valence-electron chi connectivity index (χ1n) is 3.89. The van der Waals surface area contributed by atoms with Crippen LogP contribution < -0.4 is 0 Å². The maximum absolute atomic E-state index is 11.4. The fourth-order valence-electron chi connectivity index (χ4n) is 1.45. The van der Waals surface area contributed by atoms with E-state index in [9.17, 15) is 4.79 Å². The van der Waals surface area contributed by atoms with Gasteiger partial charge in [-0.3, -0.25) is 9.78 Å². The second-order valence-electron chi connectivity index (χ2n) is 3.18. The molecule has 1 amide bonds. The van der Waals surface area contributed by atoms with Crippen LogP contribution in [0, 0.1) is 6.92 Å². The molecule has 1 aromatic heterocycles. The molecule has 0 fully saturated rings. The van der Waals surface area contributed by atoms with Gasteiger partial charge in [0.25, 0.3) is 5.91 Å². The molecular weight excluding hydrogens is 152 g/mol. The van der Waals surface area contributed by atoms with Gasteiger partial charge in [-0.2, -0.15) is 0 Å². The lowest BCUT2D eigenvalue weighted by atomic mass is 10.2. The number of hydrogen-bond acceptors (Lipinski definition) is 2. The third kappa shape index (κ3) is 0.897. The van der Waals surface area contributed by atoms with Gasteiger partial charge in [-0.1, -0.05) is 6.07 Å². The van der Waals surface area contributed by atoms with Crippen molar-refractivity contribution >= 4 is 5.91 Å². The fourth-order valence-corrected chi connectivity index (χ4v) is 1.45. The minimum atomic E-state index is 0.0324. The Hall–Kier alpha value is -1.38. The zero-order chi connectivity index (χ0) is 8.72. The highest BCUT2D eigenvalue weighted by Crippen LogP contribution is 2.19. The molecule has 0 radical (unpaired) electrons. The first-order chi connectivity index (χ1) is 5.68. The Morgan fingerprint density at radius 2 is 2.33 bits per heavy atom. The lowest BCUT2D eigenvalue weighted by molar-refractivity contribution is 0.0812. The summed E-state index contributed by atoms with van der Waals surface area (Å²) in [4.78, 5) is 17.1. The third-order valence-electron chi connectivity index (χ3n) is 2.06. The van der Waals surface area contributed by atoms with Crippen LogP contribution >= 0.6 is 0 Å². The van der Waals surface area contributed by atoms with Gasteiger partial charge in [-0.15, -0.1) is 0 Å². The number of aryl methyl sites for hydroxylation is 1. The summed E-state index contributed by atoms with van der Waals surface area (Å²) >= 11 is 0. The average molecular weight is 162 g/mol. The predicted molar refractivity (Wildman–Crippen MR) is 44.8 cm³/mol. The molecular formula is C9H10N2O. The Morgan fingerprint density at radius 3 is 3.08 bits per heavy atom. The first-order valence-corrected chi connectivity index (χ1v) is 3.89. The summed E-state index contributed by atoms with van der Waals surface area (Å²) in [7, 11) is 1.79. The molecule has 3 nitrogen and oxygen atoms in total. The second-order valence-corrected chi connectivity index (χ2v) is 3.18. The van der Waals surface area contributed by atoms with E-state index in [0.717, 1.165) is 11.1 Å². The Kier molecular flexibility index (Phi) is 1.40. The number of pyridine rings is 1. The van der Waals surface area contributed by atoms with Crippen molar-refractivity contribution in [2.45, 2.75) is 13.5 Å². The van der Waals surface area contributed by atoms with E-state index in [-0.39, 0.29) is 5.91 Å². The van der Waals surface area contributed by atoms with Gasteiger partial charge < -0.3 is 4.90 Å². The Labute approximate surface area is 71.0 Å². The normalized spacial score (nSPS) is 15.2. The first kappa shape index (κ1) is 7.28. The molecule has 0 unspecified atom stereocenters. The van der Waals surface area contributed by atoms with Gasteiger partial charge in [0.05, 0.1) is 0 Å². The largest absolute Gasteiger partial charge is 0.336 e. The van der Waals surface area contributed by atoms with E-state index in [0.29, 0.717) is 12.2 Å². The van der Waals surface area contributed by atoms with Gasteiger partial charge in [-0.05, 0) is 12.5 Å². The standard InChI is InChI=1S/C9H10N2O/c1-6-3-7-5-11(2)9(12)8(7)10-4-6/h3-4H,5H2,1-2H3. The summed E-state index contributed by atoms with van der Waals surface area (Å²) < 4.78 is 0. The number of hydrogen-bond donors (Lipinski definition) is 0. The zero-order valence-corrected chi connectivity index (χ0v) is 7.16. The van der Waals surface area contributed by atoms with Crippen molar-refractivity contribution in [3.8, 4) is 0 Å². The molecule has 2 heterocycles. The van der Waals surface area contributed by atoms with Crippen molar-refractivity contribution in [3.05, 3.63) is 29.1 Å². The number of carbonyl (C=O) groups excluding carboxylic acids is 1. The maximum atomic E-state index is 11.4. The number of nitrogens with zero attached hydrogens (tertiary/aromatic N) is 2. The van der Waals surface area contributed by atoms with E-state index in [1.807, 2.05) is 13.0 Å². The van der Waals surface area contributed by atoms with Gasteiger partial charge in [0.1, 0.15) is 5.69 Å². The lowest BCUT2D eigenvalue weighted by Crippen LogP contribution is -2.18. The van der Waals surface area contributed by atoms with Gasteiger partial charge in [0.2, 0.25) is 0 Å². The van der Waals surface area contributed by atoms with E-state index >= 15 is 0 Å². The summed E-state index contributed by atoms with van der Waals surface area (Å²) in [6.07, 6.45) is 1.73. The lowest BCUT2D eigenvalue weighted by Gasteiger charge is -2.03. The van der Waals surface area contributed by atoms with Crippen LogP contribution in [0.4, 0.5) is 0 Å². The van der Waals surface area contributed by atoms with Crippen LogP contribution in [0.25, 0.3) is 0 Å². The Bertz CT molecular complexity index is 346. The van der Waals surface area contributed by atoms with Crippen molar-refractivity contribution in [2.75, 3.05) is 7.05 Å². The Morgan fingerprint density at radius 1 is 1.58 bits per heavy atom. The molecule has 0 saturated heterocycles. The number of aromatic nitrogens is 1. The SMILES string of the molecule is Cc1cnc2c(c1)CN(C)C2=O. The van der Waals surface area contributed by atoms with Gasteiger partial charge >= 0.3 is 0 Å². The maximum Gasteiger partial charge on any atom is 0.272 e. The van der Waals surface area contributed by atoms with Crippen LogP contribution in [0.1, 0.15) is 21.6 Å². The molecule has 0 bridgehead atoms. The van der Waals surface area contributed by atoms with Crippen LogP contribution in [-0.2, 0) is 6.54 Å². The average Bonchev–Trinajstić information content (AvgIpc) is 2.28. The monoisotopic (exact) mass is 162 g/mol. The summed E-state index contributed by atoms with van der Waals surface area (Å²) in [6.45, 7) is 2.68. The van der Waals surface area contributed by atoms with E-state index < -0.39 is 0 Å². The minimum absolute atomic E-state index is 0.0324. The molecule has 0 aromatic carbocycles. The molecule has 0 aliphatic carbocycles. The van der Waals surface area contributed by atoms with Gasteiger partial charge in [0.15, 0.2) is 0 Å². The molecule has 0 saturated carbocycles. The van der Waals surface area contributed by atoms with E-state index in [1.54, 1.807) is 18.1 Å². The highest BCUT2D eigenvalue weighted by atomic mass is 16.2. The fraction of sp³-hybridized carbons (Fsp3) is 0.333. The van der Waals surface area contributed by atoms with Crippen molar-refractivity contribution in [1.82, 2.24) is 9.88 Å². The molecule has 0 spiro atoms. The molecule has 62 valence electrons. The quantitative estimate of drug-likeness (QED) is 0.569. The van der Waals surface area contributed by atoms with Crippen molar-refractivity contribution in [1.29, 1.82) is 0 Å². The van der Waals surface area contributed by atoms with Crippen LogP contribution in [0.5, 0.6) is 0 Å². The van der Waals surface area contributed by atoms with Crippen LogP contribution in [-0.4, -0.2) is 22.8 Å². The van der Waals surface area contributed by atoms with Gasteiger partial charge in [-0.25, -0.2) is 0 Å². The van der Waals surface area contributed by atoms with Crippen LogP contribution in [0.15, 0.2) is 12.3 Å². The molecule has 0 atom stereocenters. The highest BCUT2D eigenvalue weighted by Gasteiger charge is 2.25. The van der Waals surface area contributed by atoms with Crippen molar-refractivity contribution in [3.63, 3.8) is 0 Å². The number of amides is 1. The van der Waals surface area contributed by atoms with Crippen molar-refractivity contribution < 1.29 is 4.79 Å². The second kappa shape index (κ2) is 2.30. The molecule has 0 N–H and O–H groups in total. The molecule has 12 heavy (non-hydrogen) atoms. The van der Waals surface area contributed by atoms with E-state index in [4.69, 9.17) is 0 Å².